The zero-order valence-electron chi connectivity index (χ0n) is 11.8. The fourth-order valence-electron chi connectivity index (χ4n) is 2.44. The second-order valence-electron chi connectivity index (χ2n) is 5.00. The van der Waals surface area contributed by atoms with Crippen molar-refractivity contribution in [3.63, 3.8) is 0 Å². The van der Waals surface area contributed by atoms with E-state index in [4.69, 9.17) is 4.74 Å². The van der Waals surface area contributed by atoms with Crippen molar-refractivity contribution in [2.24, 2.45) is 0 Å². The van der Waals surface area contributed by atoms with E-state index < -0.39 is 5.97 Å². The van der Waals surface area contributed by atoms with E-state index in [2.05, 4.69) is 0 Å². The Labute approximate surface area is 140 Å². The van der Waals surface area contributed by atoms with E-state index >= 15 is 0 Å². The number of allylic oxidation sites excluding steroid dienone is 1. The van der Waals surface area contributed by atoms with Gasteiger partial charge in [0.1, 0.15) is 11.3 Å². The first kappa shape index (κ1) is 14.4. The van der Waals surface area contributed by atoms with Crippen LogP contribution in [-0.4, -0.2) is 11.8 Å². The number of Topliss-reactive ketones (excluding diaryl/α,β-unsaturated/α-hetero) is 1. The highest BCUT2D eigenvalue weighted by Gasteiger charge is 2.34. The minimum Gasteiger partial charge on any atom is -0.422 e. The van der Waals surface area contributed by atoms with Crippen LogP contribution in [0, 0.1) is 0 Å². The lowest BCUT2D eigenvalue weighted by Crippen LogP contribution is -2.25. The fourth-order valence-corrected chi connectivity index (χ4v) is 4.88. The van der Waals surface area contributed by atoms with E-state index in [-0.39, 0.29) is 11.4 Å². The van der Waals surface area contributed by atoms with Gasteiger partial charge in [-0.15, -0.1) is 0 Å². The molecule has 2 aromatic carbocycles. The standard InChI is InChI=1S/C18H10O3S2/c19-17-12-8-4-5-9-13(12)21-18(20)16(17)15-10-14(22-23-15)11-6-2-1-3-7-11/h1-10H. The number of carbonyl (C=O) groups is 2. The van der Waals surface area contributed by atoms with E-state index in [1.54, 1.807) is 35.1 Å². The summed E-state index contributed by atoms with van der Waals surface area (Å²) in [5.41, 5.74) is 1.62. The Morgan fingerprint density at radius 3 is 2.39 bits per heavy atom. The molecule has 0 aromatic heterocycles. The molecule has 0 atom stereocenters. The van der Waals surface area contributed by atoms with Crippen LogP contribution >= 0.6 is 21.6 Å². The molecule has 0 spiro atoms. The molecule has 0 N–H and O–H groups in total. The first-order valence-electron chi connectivity index (χ1n) is 6.96. The molecular formula is C18H10O3S2. The van der Waals surface area contributed by atoms with Crippen molar-refractivity contribution in [3.8, 4) is 5.75 Å². The number of ether oxygens (including phenoxy) is 1. The van der Waals surface area contributed by atoms with Crippen molar-refractivity contribution < 1.29 is 14.3 Å². The molecule has 2 aliphatic heterocycles. The lowest BCUT2D eigenvalue weighted by atomic mass is 9.99. The third kappa shape index (κ3) is 2.52. The molecule has 112 valence electrons. The molecule has 4 rings (SSSR count). The summed E-state index contributed by atoms with van der Waals surface area (Å²) in [7, 11) is 2.96. The topological polar surface area (TPSA) is 43.4 Å². The van der Waals surface area contributed by atoms with E-state index in [0.717, 1.165) is 10.5 Å². The van der Waals surface area contributed by atoms with Gasteiger partial charge in [0, 0.05) is 9.81 Å². The van der Waals surface area contributed by atoms with Gasteiger partial charge in [-0.25, -0.2) is 4.79 Å². The smallest absolute Gasteiger partial charge is 0.348 e. The van der Waals surface area contributed by atoms with Crippen LogP contribution in [0.5, 0.6) is 5.75 Å². The molecule has 5 heteroatoms. The number of rotatable bonds is 1. The van der Waals surface area contributed by atoms with Gasteiger partial charge in [-0.1, -0.05) is 64.1 Å². The minimum absolute atomic E-state index is 0.118. The quantitative estimate of drug-likeness (QED) is 0.252. The van der Waals surface area contributed by atoms with Gasteiger partial charge < -0.3 is 4.74 Å². The van der Waals surface area contributed by atoms with Gasteiger partial charge in [-0.3, -0.25) is 4.79 Å². The van der Waals surface area contributed by atoms with Crippen LogP contribution in [0.2, 0.25) is 0 Å². The Morgan fingerprint density at radius 2 is 1.57 bits per heavy atom. The molecule has 0 amide bonds. The summed E-state index contributed by atoms with van der Waals surface area (Å²) in [6, 6.07) is 16.7. The summed E-state index contributed by atoms with van der Waals surface area (Å²) in [5, 5.41) is 0. The number of esters is 1. The predicted octanol–water partition coefficient (Wildman–Crippen LogP) is 4.48. The van der Waals surface area contributed by atoms with Crippen molar-refractivity contribution in [1.82, 2.24) is 0 Å². The van der Waals surface area contributed by atoms with Crippen LogP contribution in [0.15, 0.2) is 71.2 Å². The third-order valence-corrected chi connectivity index (χ3v) is 6.00. The number of carbonyl (C=O) groups excluding carboxylic acids is 2. The molecule has 3 nitrogen and oxygen atoms in total. The van der Waals surface area contributed by atoms with Gasteiger partial charge in [-0.05, 0) is 23.8 Å². The molecule has 0 bridgehead atoms. The molecule has 0 unspecified atom stereocenters. The number of fused-ring (bicyclic) bond motifs is 1. The zero-order valence-corrected chi connectivity index (χ0v) is 13.4. The normalized spacial score (nSPS) is 20.1. The highest BCUT2D eigenvalue weighted by Crippen LogP contribution is 2.51. The fraction of sp³-hybridized carbons (Fsp3) is 0. The lowest BCUT2D eigenvalue weighted by molar-refractivity contribution is -0.130. The van der Waals surface area contributed by atoms with Gasteiger partial charge in [0.25, 0.3) is 0 Å². The van der Waals surface area contributed by atoms with E-state index in [1.165, 1.54) is 10.8 Å². The summed E-state index contributed by atoms with van der Waals surface area (Å²) >= 11 is 0. The van der Waals surface area contributed by atoms with Crippen molar-refractivity contribution in [3.05, 3.63) is 82.3 Å². The number of benzene rings is 2. The van der Waals surface area contributed by atoms with E-state index in [0.29, 0.717) is 16.2 Å². The summed E-state index contributed by atoms with van der Waals surface area (Å²) in [6.45, 7) is 0. The maximum atomic E-state index is 12.6. The first-order chi connectivity index (χ1) is 11.2. The molecule has 0 saturated heterocycles. The van der Waals surface area contributed by atoms with Crippen molar-refractivity contribution in [1.29, 1.82) is 0 Å². The SMILES string of the molecule is O=C1Oc2ccccc2C(=O)C1=C1C=C(c2ccccc2)SS1. The zero-order chi connectivity index (χ0) is 15.8. The Balaban J connectivity index is 1.78. The number of ketones is 1. The maximum Gasteiger partial charge on any atom is 0.348 e. The largest absolute Gasteiger partial charge is 0.422 e. The molecule has 0 aliphatic carbocycles. The van der Waals surface area contributed by atoms with Crippen LogP contribution in [0.25, 0.3) is 4.91 Å². The number of hydrogen-bond acceptors (Lipinski definition) is 5. The van der Waals surface area contributed by atoms with E-state index in [1.807, 2.05) is 36.4 Å². The van der Waals surface area contributed by atoms with Crippen molar-refractivity contribution >= 4 is 38.2 Å². The van der Waals surface area contributed by atoms with Gasteiger partial charge in [0.15, 0.2) is 0 Å². The summed E-state index contributed by atoms with van der Waals surface area (Å²) < 4.78 is 5.30. The molecule has 0 fully saturated rings. The summed E-state index contributed by atoms with van der Waals surface area (Å²) in [6.07, 6.45) is 1.88. The minimum atomic E-state index is -0.581. The first-order valence-corrected chi connectivity index (χ1v) is 9.11. The molecule has 2 aromatic rings. The van der Waals surface area contributed by atoms with Crippen molar-refractivity contribution in [2.75, 3.05) is 0 Å². The highest BCUT2D eigenvalue weighted by molar-refractivity contribution is 8.82. The average Bonchev–Trinajstić information content (AvgIpc) is 3.05. The van der Waals surface area contributed by atoms with Crippen LogP contribution in [0.4, 0.5) is 0 Å². The monoisotopic (exact) mass is 338 g/mol. The summed E-state index contributed by atoms with van der Waals surface area (Å²) in [5.74, 6) is -0.525. The van der Waals surface area contributed by atoms with Crippen LogP contribution in [0.1, 0.15) is 15.9 Å². The van der Waals surface area contributed by atoms with Crippen LogP contribution in [-0.2, 0) is 4.79 Å². The Hall–Kier alpha value is -2.24. The third-order valence-electron chi connectivity index (χ3n) is 3.55. The lowest BCUT2D eigenvalue weighted by Gasteiger charge is -2.17. The Bertz CT molecular complexity index is 882. The van der Waals surface area contributed by atoms with Gasteiger partial charge >= 0.3 is 5.97 Å². The predicted molar refractivity (Wildman–Crippen MR) is 93.0 cm³/mol. The molecule has 23 heavy (non-hydrogen) atoms. The number of hydrogen-bond donors (Lipinski definition) is 0. The maximum absolute atomic E-state index is 12.6. The molecular weight excluding hydrogens is 328 g/mol. The van der Waals surface area contributed by atoms with Crippen LogP contribution < -0.4 is 4.74 Å². The Morgan fingerprint density at radius 1 is 0.826 bits per heavy atom. The second kappa shape index (κ2) is 5.76. The van der Waals surface area contributed by atoms with Gasteiger partial charge in [-0.2, -0.15) is 0 Å². The average molecular weight is 338 g/mol. The highest BCUT2D eigenvalue weighted by atomic mass is 33.1. The summed E-state index contributed by atoms with van der Waals surface area (Å²) in [4.78, 5) is 26.6. The molecule has 0 saturated carbocycles. The van der Waals surface area contributed by atoms with Crippen LogP contribution in [0.3, 0.4) is 0 Å². The molecule has 2 aliphatic rings. The Kier molecular flexibility index (Phi) is 3.59. The van der Waals surface area contributed by atoms with Gasteiger partial charge in [0.05, 0.1) is 5.56 Å². The molecule has 0 radical (unpaired) electrons. The molecule has 2 heterocycles. The number of para-hydroxylation sites is 1. The second-order valence-corrected chi connectivity index (χ2v) is 7.21. The van der Waals surface area contributed by atoms with Gasteiger partial charge in [0.2, 0.25) is 5.78 Å². The van der Waals surface area contributed by atoms with Crippen molar-refractivity contribution in [2.45, 2.75) is 0 Å². The van der Waals surface area contributed by atoms with E-state index in [9.17, 15) is 9.59 Å².